The van der Waals surface area contributed by atoms with Gasteiger partial charge in [-0.05, 0) is 117 Å². The van der Waals surface area contributed by atoms with E-state index >= 15 is 0 Å². The lowest BCUT2D eigenvalue weighted by Crippen LogP contribution is -2.58. The molecule has 0 unspecified atom stereocenters. The molecule has 0 aromatic carbocycles. The van der Waals surface area contributed by atoms with Crippen molar-refractivity contribution in [3.63, 3.8) is 0 Å². The second-order valence-corrected chi connectivity index (χ2v) is 14.5. The molecular formula is C30H52O3. The molecule has 9 atom stereocenters. The van der Waals surface area contributed by atoms with Gasteiger partial charge in [-0.2, -0.15) is 0 Å². The minimum absolute atomic E-state index is 0.00920. The maximum Gasteiger partial charge on any atom is 0.0849 e. The van der Waals surface area contributed by atoms with Crippen molar-refractivity contribution in [1.29, 1.82) is 0 Å². The highest BCUT2D eigenvalue weighted by Gasteiger charge is 2.65. The molecule has 0 aliphatic heterocycles. The van der Waals surface area contributed by atoms with Gasteiger partial charge in [0.05, 0.1) is 17.8 Å². The van der Waals surface area contributed by atoms with Crippen LogP contribution in [-0.4, -0.2) is 33.1 Å². The summed E-state index contributed by atoms with van der Waals surface area (Å²) in [6.45, 7) is 18.2. The van der Waals surface area contributed by atoms with Crippen LogP contribution in [0.25, 0.3) is 0 Å². The molecule has 190 valence electrons. The Hall–Kier alpha value is -0.380. The van der Waals surface area contributed by atoms with Crippen molar-refractivity contribution in [1.82, 2.24) is 0 Å². The summed E-state index contributed by atoms with van der Waals surface area (Å²) >= 11 is 0. The Morgan fingerprint density at radius 2 is 1.67 bits per heavy atom. The van der Waals surface area contributed by atoms with E-state index in [0.29, 0.717) is 40.9 Å². The number of aliphatic hydroxyl groups is 3. The van der Waals surface area contributed by atoms with Gasteiger partial charge in [0.25, 0.3) is 0 Å². The maximum atomic E-state index is 10.8. The molecule has 33 heavy (non-hydrogen) atoms. The molecular weight excluding hydrogens is 408 g/mol. The quantitative estimate of drug-likeness (QED) is 0.410. The number of fused-ring (bicyclic) bond motifs is 5. The molecule has 0 bridgehead atoms. The fourth-order valence-corrected chi connectivity index (χ4v) is 9.63. The van der Waals surface area contributed by atoms with Crippen LogP contribution in [0.2, 0.25) is 0 Å². The van der Waals surface area contributed by atoms with Gasteiger partial charge in [-0.25, -0.2) is 0 Å². The number of hydrogen-bond donors (Lipinski definition) is 3. The average Bonchev–Trinajstić information content (AvgIpc) is 3.00. The van der Waals surface area contributed by atoms with E-state index < -0.39 is 11.7 Å². The summed E-state index contributed by atoms with van der Waals surface area (Å²) in [6.07, 6.45) is 11.8. The van der Waals surface area contributed by atoms with Crippen LogP contribution in [0.15, 0.2) is 11.6 Å². The number of aliphatic hydroxyl groups excluding tert-OH is 2. The van der Waals surface area contributed by atoms with Crippen molar-refractivity contribution >= 4 is 0 Å². The monoisotopic (exact) mass is 460 g/mol. The number of hydrogen-bond acceptors (Lipinski definition) is 3. The van der Waals surface area contributed by atoms with Crippen LogP contribution < -0.4 is 0 Å². The second-order valence-electron chi connectivity index (χ2n) is 14.5. The van der Waals surface area contributed by atoms with Gasteiger partial charge in [0, 0.05) is 0 Å². The molecule has 0 radical (unpaired) electrons. The predicted octanol–water partition coefficient (Wildman–Crippen LogP) is 6.50. The zero-order chi connectivity index (χ0) is 24.6. The van der Waals surface area contributed by atoms with Crippen LogP contribution >= 0.6 is 0 Å². The zero-order valence-electron chi connectivity index (χ0n) is 22.7. The molecule has 0 aromatic heterocycles. The van der Waals surface area contributed by atoms with Crippen molar-refractivity contribution in [2.45, 2.75) is 131 Å². The molecule has 0 heterocycles. The number of allylic oxidation sites excluding steroid dienone is 2. The lowest BCUT2D eigenvalue weighted by Gasteiger charge is -2.64. The Balaban J connectivity index is 1.58. The minimum Gasteiger partial charge on any atom is -0.393 e. The lowest BCUT2D eigenvalue weighted by molar-refractivity contribution is -0.131. The first-order valence-corrected chi connectivity index (χ1v) is 13.9. The van der Waals surface area contributed by atoms with Crippen molar-refractivity contribution in [3.8, 4) is 0 Å². The van der Waals surface area contributed by atoms with Crippen LogP contribution in [0.4, 0.5) is 0 Å². The van der Waals surface area contributed by atoms with E-state index in [0.717, 1.165) is 25.7 Å². The van der Waals surface area contributed by atoms with E-state index in [9.17, 15) is 15.3 Å². The van der Waals surface area contributed by atoms with Gasteiger partial charge in [-0.15, -0.1) is 0 Å². The Labute approximate surface area is 203 Å². The molecule has 3 heteroatoms. The van der Waals surface area contributed by atoms with Gasteiger partial charge in [-0.3, -0.25) is 0 Å². The highest BCUT2D eigenvalue weighted by molar-refractivity contribution is 5.33. The predicted molar refractivity (Wildman–Crippen MR) is 136 cm³/mol. The van der Waals surface area contributed by atoms with E-state index in [1.807, 2.05) is 0 Å². The maximum absolute atomic E-state index is 10.8. The highest BCUT2D eigenvalue weighted by atomic mass is 16.3. The Kier molecular flexibility index (Phi) is 6.28. The summed E-state index contributed by atoms with van der Waals surface area (Å²) < 4.78 is 0. The van der Waals surface area contributed by atoms with Crippen molar-refractivity contribution in [3.05, 3.63) is 11.6 Å². The van der Waals surface area contributed by atoms with Crippen molar-refractivity contribution < 1.29 is 15.3 Å². The normalized spacial score (nSPS) is 46.6. The number of rotatable bonds is 5. The third kappa shape index (κ3) is 3.70. The average molecular weight is 461 g/mol. The molecule has 3 N–H and O–H groups in total. The van der Waals surface area contributed by atoms with Gasteiger partial charge in [0.1, 0.15) is 0 Å². The molecule has 3 fully saturated rings. The van der Waals surface area contributed by atoms with Crippen LogP contribution in [-0.2, 0) is 0 Å². The molecule has 4 aliphatic rings. The molecule has 4 aliphatic carbocycles. The minimum atomic E-state index is -1.02. The zero-order valence-corrected chi connectivity index (χ0v) is 22.7. The second kappa shape index (κ2) is 8.07. The molecule has 3 saturated carbocycles. The summed E-state index contributed by atoms with van der Waals surface area (Å²) in [7, 11) is 0. The van der Waals surface area contributed by atoms with Gasteiger partial charge in [0.15, 0.2) is 0 Å². The highest BCUT2D eigenvalue weighted by Crippen LogP contribution is 2.73. The summed E-state index contributed by atoms with van der Waals surface area (Å²) in [5.41, 5.74) is 1.60. The summed E-state index contributed by atoms with van der Waals surface area (Å²) in [6, 6.07) is 0. The molecule has 0 amide bonds. The van der Waals surface area contributed by atoms with Gasteiger partial charge >= 0.3 is 0 Å². The third-order valence-electron chi connectivity index (χ3n) is 12.3. The van der Waals surface area contributed by atoms with E-state index in [1.165, 1.54) is 25.7 Å². The molecule has 3 nitrogen and oxygen atoms in total. The Morgan fingerprint density at radius 3 is 2.30 bits per heavy atom. The molecule has 0 saturated heterocycles. The largest absolute Gasteiger partial charge is 0.393 e. The van der Waals surface area contributed by atoms with Gasteiger partial charge in [0.2, 0.25) is 0 Å². The van der Waals surface area contributed by atoms with Crippen LogP contribution in [0.1, 0.15) is 113 Å². The SMILES string of the molecule is C[C@@H](CC[C@H](O)C(C)(C)O)[C@@H]1CC[C@]2(C)C3=CC[C@H]4C(C)(C)[C@@H](O)CC[C@]4(C)[C@@H]3CC[C@@]12C. The molecule has 4 rings (SSSR count). The van der Waals surface area contributed by atoms with Crippen LogP contribution in [0.5, 0.6) is 0 Å². The van der Waals surface area contributed by atoms with Crippen LogP contribution in [0.3, 0.4) is 0 Å². The third-order valence-corrected chi connectivity index (χ3v) is 12.3. The Bertz CT molecular complexity index is 778. The van der Waals surface area contributed by atoms with E-state index in [2.05, 4.69) is 47.6 Å². The standard InChI is InChI=1S/C30H52O3/c1-19(9-12-25(32)27(4,5)33)20-13-17-30(8)22-10-11-23-26(2,3)24(31)15-16-28(23,6)21(22)14-18-29(20,30)7/h10,19-21,23-25,31-33H,9,11-18H2,1-8H3/t19-,20-,21+,23-,24-,25-,28+,29-,30+/m0/s1. The Morgan fingerprint density at radius 1 is 1.00 bits per heavy atom. The first kappa shape index (κ1) is 25.7. The molecule has 0 spiro atoms. The molecule has 0 aromatic rings. The topological polar surface area (TPSA) is 60.7 Å². The first-order chi connectivity index (χ1) is 15.1. The van der Waals surface area contributed by atoms with Crippen molar-refractivity contribution in [2.75, 3.05) is 0 Å². The van der Waals surface area contributed by atoms with E-state index in [1.54, 1.807) is 19.4 Å². The lowest BCUT2D eigenvalue weighted by atomic mass is 9.41. The van der Waals surface area contributed by atoms with Crippen molar-refractivity contribution in [2.24, 2.45) is 45.3 Å². The first-order valence-electron chi connectivity index (χ1n) is 13.9. The van der Waals surface area contributed by atoms with Gasteiger partial charge in [-0.1, -0.05) is 53.2 Å². The summed E-state index contributed by atoms with van der Waals surface area (Å²) in [4.78, 5) is 0. The fraction of sp³-hybridized carbons (Fsp3) is 0.933. The van der Waals surface area contributed by atoms with E-state index in [4.69, 9.17) is 0 Å². The fourth-order valence-electron chi connectivity index (χ4n) is 9.63. The van der Waals surface area contributed by atoms with E-state index in [-0.39, 0.29) is 16.9 Å². The van der Waals surface area contributed by atoms with Crippen LogP contribution in [0, 0.1) is 45.3 Å². The smallest absolute Gasteiger partial charge is 0.0849 e. The summed E-state index contributed by atoms with van der Waals surface area (Å²) in [5.74, 6) is 2.46. The van der Waals surface area contributed by atoms with Gasteiger partial charge < -0.3 is 15.3 Å². The summed E-state index contributed by atoms with van der Waals surface area (Å²) in [5, 5.41) is 31.4.